The molecule has 1 aliphatic rings. The molecule has 0 bridgehead atoms. The van der Waals surface area contributed by atoms with Crippen LogP contribution in [0.1, 0.15) is 18.4 Å². The normalized spacial score (nSPS) is 15.7. The summed E-state index contributed by atoms with van der Waals surface area (Å²) < 4.78 is 54.4. The molecule has 2 aromatic rings. The molecule has 0 aromatic heterocycles. The van der Waals surface area contributed by atoms with E-state index in [-0.39, 0.29) is 24.9 Å². The minimum Gasteiger partial charge on any atom is -0.341 e. The maximum Gasteiger partial charge on any atom is 0.246 e. The molecule has 0 N–H and O–H groups in total. The molecular formula is C24H31F2N3O3S. The van der Waals surface area contributed by atoms with Crippen LogP contribution < -0.4 is 0 Å². The SMILES string of the molecule is CN(C)CCN(CCc1ccccc1)C(=O)C1CCN(S(=O)(=O)c2cc(F)ccc2F)CC1. The number of hydrogen-bond donors (Lipinski definition) is 0. The van der Waals surface area contributed by atoms with E-state index in [0.29, 0.717) is 32.0 Å². The van der Waals surface area contributed by atoms with Crippen molar-refractivity contribution in [2.75, 3.05) is 46.8 Å². The Kier molecular flexibility index (Phi) is 8.56. The molecule has 1 amide bonds. The van der Waals surface area contributed by atoms with Crippen molar-refractivity contribution in [3.05, 3.63) is 65.7 Å². The molecule has 0 atom stereocenters. The van der Waals surface area contributed by atoms with Crippen LogP contribution in [0.3, 0.4) is 0 Å². The van der Waals surface area contributed by atoms with Crippen LogP contribution in [0, 0.1) is 17.6 Å². The van der Waals surface area contributed by atoms with Crippen molar-refractivity contribution in [3.8, 4) is 0 Å². The van der Waals surface area contributed by atoms with E-state index in [1.165, 1.54) is 0 Å². The molecule has 0 unspecified atom stereocenters. The highest BCUT2D eigenvalue weighted by atomic mass is 32.2. The number of nitrogens with zero attached hydrogens (tertiary/aromatic N) is 3. The summed E-state index contributed by atoms with van der Waals surface area (Å²) in [4.78, 5) is 16.5. The fourth-order valence-electron chi connectivity index (χ4n) is 3.98. The van der Waals surface area contributed by atoms with E-state index in [9.17, 15) is 22.0 Å². The molecule has 1 saturated heterocycles. The van der Waals surface area contributed by atoms with Gasteiger partial charge in [0.05, 0.1) is 0 Å². The van der Waals surface area contributed by atoms with Crippen LogP contribution in [-0.2, 0) is 21.2 Å². The van der Waals surface area contributed by atoms with Gasteiger partial charge in [0, 0.05) is 38.6 Å². The van der Waals surface area contributed by atoms with Gasteiger partial charge in [-0.15, -0.1) is 0 Å². The summed E-state index contributed by atoms with van der Waals surface area (Å²) in [5, 5.41) is 0. The van der Waals surface area contributed by atoms with Gasteiger partial charge in [-0.1, -0.05) is 30.3 Å². The van der Waals surface area contributed by atoms with Gasteiger partial charge in [-0.3, -0.25) is 4.79 Å². The van der Waals surface area contributed by atoms with Crippen LogP contribution in [0.4, 0.5) is 8.78 Å². The topological polar surface area (TPSA) is 60.9 Å². The van der Waals surface area contributed by atoms with Gasteiger partial charge in [0.1, 0.15) is 16.5 Å². The van der Waals surface area contributed by atoms with Crippen LogP contribution in [0.5, 0.6) is 0 Å². The molecule has 6 nitrogen and oxygen atoms in total. The Bertz CT molecular complexity index is 1040. The Hall–Kier alpha value is -2.36. The lowest BCUT2D eigenvalue weighted by atomic mass is 9.96. The van der Waals surface area contributed by atoms with E-state index in [4.69, 9.17) is 0 Å². The molecule has 33 heavy (non-hydrogen) atoms. The number of carbonyl (C=O) groups is 1. The summed E-state index contributed by atoms with van der Waals surface area (Å²) >= 11 is 0. The van der Waals surface area contributed by atoms with E-state index < -0.39 is 26.6 Å². The first kappa shape index (κ1) is 25.3. The molecular weight excluding hydrogens is 448 g/mol. The fraction of sp³-hybridized carbons (Fsp3) is 0.458. The van der Waals surface area contributed by atoms with Crippen LogP contribution in [-0.4, -0.2) is 75.2 Å². The third-order valence-electron chi connectivity index (χ3n) is 5.96. The van der Waals surface area contributed by atoms with Crippen LogP contribution in [0.25, 0.3) is 0 Å². The molecule has 180 valence electrons. The predicted octanol–water partition coefficient (Wildman–Crippen LogP) is 3.00. The van der Waals surface area contributed by atoms with Crippen molar-refractivity contribution >= 4 is 15.9 Å². The summed E-state index contributed by atoms with van der Waals surface area (Å²) in [6.07, 6.45) is 1.43. The van der Waals surface area contributed by atoms with Gasteiger partial charge in [0.2, 0.25) is 15.9 Å². The molecule has 0 saturated carbocycles. The maximum absolute atomic E-state index is 14.1. The highest BCUT2D eigenvalue weighted by molar-refractivity contribution is 7.89. The van der Waals surface area contributed by atoms with E-state index in [1.54, 1.807) is 0 Å². The van der Waals surface area contributed by atoms with Gasteiger partial charge >= 0.3 is 0 Å². The lowest BCUT2D eigenvalue weighted by molar-refractivity contribution is -0.136. The second kappa shape index (κ2) is 11.2. The third-order valence-corrected chi connectivity index (χ3v) is 7.87. The Balaban J connectivity index is 1.65. The fourth-order valence-corrected chi connectivity index (χ4v) is 5.52. The van der Waals surface area contributed by atoms with Crippen LogP contribution in [0.15, 0.2) is 53.4 Å². The van der Waals surface area contributed by atoms with Gasteiger partial charge in [-0.25, -0.2) is 17.2 Å². The highest BCUT2D eigenvalue weighted by Crippen LogP contribution is 2.27. The van der Waals surface area contributed by atoms with Crippen LogP contribution in [0.2, 0.25) is 0 Å². The van der Waals surface area contributed by atoms with Crippen molar-refractivity contribution in [3.63, 3.8) is 0 Å². The van der Waals surface area contributed by atoms with Crippen molar-refractivity contribution in [2.24, 2.45) is 5.92 Å². The number of benzene rings is 2. The molecule has 0 aliphatic carbocycles. The number of amides is 1. The number of likely N-dealkylation sites (N-methyl/N-ethyl adjacent to an activating group) is 1. The van der Waals surface area contributed by atoms with Gasteiger partial charge in [-0.05, 0) is 57.1 Å². The molecule has 2 aromatic carbocycles. The second-order valence-corrected chi connectivity index (χ2v) is 10.5. The largest absolute Gasteiger partial charge is 0.341 e. The average Bonchev–Trinajstić information content (AvgIpc) is 2.81. The van der Waals surface area contributed by atoms with Gasteiger partial charge < -0.3 is 9.80 Å². The summed E-state index contributed by atoms with van der Waals surface area (Å²) in [5.41, 5.74) is 1.15. The molecule has 0 radical (unpaired) electrons. The number of carbonyl (C=O) groups excluding carboxylic acids is 1. The first-order valence-electron chi connectivity index (χ1n) is 11.1. The summed E-state index contributed by atoms with van der Waals surface area (Å²) in [5.74, 6) is -2.08. The number of halogens is 2. The summed E-state index contributed by atoms with van der Waals surface area (Å²) in [6.45, 7) is 2.09. The van der Waals surface area contributed by atoms with E-state index in [1.807, 2.05) is 54.2 Å². The van der Waals surface area contributed by atoms with E-state index >= 15 is 0 Å². The van der Waals surface area contributed by atoms with Gasteiger partial charge in [0.15, 0.2) is 0 Å². The molecule has 9 heteroatoms. The molecule has 1 fully saturated rings. The zero-order valence-corrected chi connectivity index (χ0v) is 19.9. The van der Waals surface area contributed by atoms with Crippen molar-refractivity contribution < 1.29 is 22.0 Å². The molecule has 1 aliphatic heterocycles. The highest BCUT2D eigenvalue weighted by Gasteiger charge is 2.35. The molecule has 1 heterocycles. The zero-order chi connectivity index (χ0) is 24.0. The lowest BCUT2D eigenvalue weighted by Gasteiger charge is -2.34. The number of sulfonamides is 1. The van der Waals surface area contributed by atoms with E-state index in [2.05, 4.69) is 0 Å². The third kappa shape index (κ3) is 6.59. The van der Waals surface area contributed by atoms with Crippen molar-refractivity contribution in [2.45, 2.75) is 24.2 Å². The maximum atomic E-state index is 14.1. The Labute approximate surface area is 194 Å². The van der Waals surface area contributed by atoms with Crippen molar-refractivity contribution in [1.82, 2.24) is 14.1 Å². The lowest BCUT2D eigenvalue weighted by Crippen LogP contribution is -2.46. The number of rotatable bonds is 9. The zero-order valence-electron chi connectivity index (χ0n) is 19.1. The standard InChI is InChI=1S/C24H31F2N3O3S/c1-27(2)16-17-28(13-10-19-6-4-3-5-7-19)24(30)20-11-14-29(15-12-20)33(31,32)23-18-21(25)8-9-22(23)26/h3-9,18,20H,10-17H2,1-2H3. The predicted molar refractivity (Wildman–Crippen MR) is 123 cm³/mol. The monoisotopic (exact) mass is 479 g/mol. The van der Waals surface area contributed by atoms with Gasteiger partial charge in [0.25, 0.3) is 0 Å². The number of hydrogen-bond acceptors (Lipinski definition) is 4. The van der Waals surface area contributed by atoms with Crippen molar-refractivity contribution in [1.29, 1.82) is 0 Å². The smallest absolute Gasteiger partial charge is 0.246 e. The Morgan fingerprint density at radius 1 is 1.00 bits per heavy atom. The first-order chi connectivity index (χ1) is 15.7. The van der Waals surface area contributed by atoms with Gasteiger partial charge in [-0.2, -0.15) is 4.31 Å². The van der Waals surface area contributed by atoms with Crippen LogP contribution >= 0.6 is 0 Å². The number of piperidine rings is 1. The average molecular weight is 480 g/mol. The Morgan fingerprint density at radius 3 is 2.30 bits per heavy atom. The minimum absolute atomic E-state index is 0.0155. The Morgan fingerprint density at radius 2 is 1.67 bits per heavy atom. The second-order valence-electron chi connectivity index (χ2n) is 8.62. The molecule has 0 spiro atoms. The summed E-state index contributed by atoms with van der Waals surface area (Å²) in [6, 6.07) is 12.4. The first-order valence-corrected chi connectivity index (χ1v) is 12.5. The van der Waals surface area contributed by atoms with E-state index in [0.717, 1.165) is 35.0 Å². The quantitative estimate of drug-likeness (QED) is 0.555. The minimum atomic E-state index is -4.17. The molecule has 3 rings (SSSR count). The summed E-state index contributed by atoms with van der Waals surface area (Å²) in [7, 11) is -0.259.